The van der Waals surface area contributed by atoms with Crippen LogP contribution in [0.1, 0.15) is 30.8 Å². The molecule has 0 bridgehead atoms. The van der Waals surface area contributed by atoms with Crippen molar-refractivity contribution in [2.45, 2.75) is 26.3 Å². The largest absolute Gasteiger partial charge is 0.480 e. The number of aliphatic carboxylic acids is 1. The zero-order valence-corrected chi connectivity index (χ0v) is 11.2. The lowest BCUT2D eigenvalue weighted by molar-refractivity contribution is -0.139. The van der Waals surface area contributed by atoms with E-state index in [1.807, 2.05) is 13.8 Å². The maximum atomic E-state index is 11.7. The van der Waals surface area contributed by atoms with Crippen molar-refractivity contribution in [2.24, 2.45) is 5.92 Å². The molecule has 0 aromatic carbocycles. The van der Waals surface area contributed by atoms with Gasteiger partial charge in [0.1, 0.15) is 6.04 Å². The second kappa shape index (κ2) is 5.86. The Morgan fingerprint density at radius 3 is 2.59 bits per heavy atom. The molecule has 5 nitrogen and oxygen atoms in total. The maximum Gasteiger partial charge on any atom is 0.326 e. The number of amides is 1. The molecular formula is C11H14BrNO4. The second-order valence-electron chi connectivity index (χ2n) is 4.09. The molecule has 1 heterocycles. The molecule has 0 unspecified atom stereocenters. The Kier molecular flexibility index (Phi) is 4.74. The molecule has 0 aliphatic rings. The van der Waals surface area contributed by atoms with Gasteiger partial charge in [-0.15, -0.1) is 0 Å². The topological polar surface area (TPSA) is 79.5 Å². The SMILES string of the molecule is CC(C)C[C@H](NC(=O)c1occc1Br)C(=O)O. The lowest BCUT2D eigenvalue weighted by Gasteiger charge is -2.15. The molecule has 1 aromatic heterocycles. The average molecular weight is 304 g/mol. The third kappa shape index (κ3) is 3.89. The first kappa shape index (κ1) is 13.8. The summed E-state index contributed by atoms with van der Waals surface area (Å²) in [5.41, 5.74) is 0. The van der Waals surface area contributed by atoms with E-state index in [1.165, 1.54) is 6.26 Å². The number of halogens is 1. The van der Waals surface area contributed by atoms with Crippen LogP contribution in [0.2, 0.25) is 0 Å². The van der Waals surface area contributed by atoms with Gasteiger partial charge in [0, 0.05) is 0 Å². The molecule has 6 heteroatoms. The van der Waals surface area contributed by atoms with E-state index < -0.39 is 17.9 Å². The van der Waals surface area contributed by atoms with Crippen LogP contribution >= 0.6 is 15.9 Å². The van der Waals surface area contributed by atoms with Crippen LogP contribution in [0.3, 0.4) is 0 Å². The van der Waals surface area contributed by atoms with Gasteiger partial charge in [-0.2, -0.15) is 0 Å². The molecule has 1 aromatic rings. The van der Waals surface area contributed by atoms with Crippen molar-refractivity contribution in [1.82, 2.24) is 5.32 Å². The van der Waals surface area contributed by atoms with Crippen LogP contribution in [-0.4, -0.2) is 23.0 Å². The number of rotatable bonds is 5. The molecule has 0 saturated carbocycles. The minimum absolute atomic E-state index is 0.0833. The Labute approximate surface area is 107 Å². The molecule has 17 heavy (non-hydrogen) atoms. The molecule has 0 spiro atoms. The lowest BCUT2D eigenvalue weighted by atomic mass is 10.0. The fourth-order valence-electron chi connectivity index (χ4n) is 1.37. The van der Waals surface area contributed by atoms with Gasteiger partial charge in [-0.05, 0) is 34.3 Å². The standard InChI is InChI=1S/C11H14BrNO4/c1-6(2)5-8(11(15)16)13-10(14)9-7(12)3-4-17-9/h3-4,6,8H,5H2,1-2H3,(H,13,14)(H,15,16)/t8-/m0/s1. The number of hydrogen-bond acceptors (Lipinski definition) is 3. The van der Waals surface area contributed by atoms with Crippen molar-refractivity contribution in [3.63, 3.8) is 0 Å². The van der Waals surface area contributed by atoms with E-state index in [-0.39, 0.29) is 11.7 Å². The van der Waals surface area contributed by atoms with Crippen molar-refractivity contribution in [3.8, 4) is 0 Å². The molecule has 1 rings (SSSR count). The summed E-state index contributed by atoms with van der Waals surface area (Å²) >= 11 is 3.14. The summed E-state index contributed by atoms with van der Waals surface area (Å²) in [5.74, 6) is -1.32. The van der Waals surface area contributed by atoms with Crippen molar-refractivity contribution in [3.05, 3.63) is 22.6 Å². The van der Waals surface area contributed by atoms with E-state index in [0.29, 0.717) is 10.9 Å². The zero-order valence-electron chi connectivity index (χ0n) is 9.57. The van der Waals surface area contributed by atoms with Crippen molar-refractivity contribution >= 4 is 27.8 Å². The van der Waals surface area contributed by atoms with Crippen LogP contribution in [0, 0.1) is 5.92 Å². The Morgan fingerprint density at radius 1 is 1.53 bits per heavy atom. The van der Waals surface area contributed by atoms with Gasteiger partial charge in [0.15, 0.2) is 0 Å². The number of carbonyl (C=O) groups excluding carboxylic acids is 1. The molecule has 94 valence electrons. The monoisotopic (exact) mass is 303 g/mol. The Morgan fingerprint density at radius 2 is 2.18 bits per heavy atom. The molecule has 1 amide bonds. The van der Waals surface area contributed by atoms with Gasteiger partial charge in [-0.25, -0.2) is 4.79 Å². The van der Waals surface area contributed by atoms with Gasteiger partial charge >= 0.3 is 5.97 Å². The Balaban J connectivity index is 2.71. The van der Waals surface area contributed by atoms with Gasteiger partial charge in [0.05, 0.1) is 10.7 Å². The molecule has 1 atom stereocenters. The van der Waals surface area contributed by atoms with Gasteiger partial charge in [0.25, 0.3) is 5.91 Å². The van der Waals surface area contributed by atoms with Crippen LogP contribution in [0.4, 0.5) is 0 Å². The number of furan rings is 1. The first-order valence-electron chi connectivity index (χ1n) is 5.18. The smallest absolute Gasteiger partial charge is 0.326 e. The van der Waals surface area contributed by atoms with E-state index in [1.54, 1.807) is 6.07 Å². The first-order valence-corrected chi connectivity index (χ1v) is 5.97. The van der Waals surface area contributed by atoms with Crippen LogP contribution in [0.15, 0.2) is 21.2 Å². The summed E-state index contributed by atoms with van der Waals surface area (Å²) in [6.45, 7) is 3.79. The van der Waals surface area contributed by atoms with Gasteiger partial charge in [-0.1, -0.05) is 13.8 Å². The maximum absolute atomic E-state index is 11.7. The number of nitrogens with one attached hydrogen (secondary N) is 1. The third-order valence-electron chi connectivity index (χ3n) is 2.13. The summed E-state index contributed by atoms with van der Waals surface area (Å²) < 4.78 is 5.46. The van der Waals surface area contributed by atoms with Crippen molar-refractivity contribution < 1.29 is 19.1 Å². The molecule has 0 aliphatic carbocycles. The summed E-state index contributed by atoms with van der Waals surface area (Å²) in [7, 11) is 0. The second-order valence-corrected chi connectivity index (χ2v) is 4.95. The molecule has 0 fully saturated rings. The van der Waals surface area contributed by atoms with E-state index >= 15 is 0 Å². The highest BCUT2D eigenvalue weighted by atomic mass is 79.9. The fraction of sp³-hybridized carbons (Fsp3) is 0.455. The summed E-state index contributed by atoms with van der Waals surface area (Å²) in [5, 5.41) is 11.4. The van der Waals surface area contributed by atoms with Crippen molar-refractivity contribution in [2.75, 3.05) is 0 Å². The first-order chi connectivity index (χ1) is 7.91. The molecule has 0 radical (unpaired) electrons. The van der Waals surface area contributed by atoms with E-state index in [0.717, 1.165) is 0 Å². The summed E-state index contributed by atoms with van der Waals surface area (Å²) in [4.78, 5) is 22.7. The summed E-state index contributed by atoms with van der Waals surface area (Å²) in [6.07, 6.45) is 1.73. The normalized spacial score (nSPS) is 12.5. The van der Waals surface area contributed by atoms with E-state index in [2.05, 4.69) is 21.2 Å². The van der Waals surface area contributed by atoms with Gasteiger partial charge in [0.2, 0.25) is 5.76 Å². The van der Waals surface area contributed by atoms with Crippen LogP contribution in [0.5, 0.6) is 0 Å². The molecule has 2 N–H and O–H groups in total. The predicted molar refractivity (Wildman–Crippen MR) is 64.8 cm³/mol. The van der Waals surface area contributed by atoms with Crippen LogP contribution < -0.4 is 5.32 Å². The fourth-order valence-corrected chi connectivity index (χ4v) is 1.75. The van der Waals surface area contributed by atoms with Crippen LogP contribution in [0.25, 0.3) is 0 Å². The van der Waals surface area contributed by atoms with Crippen molar-refractivity contribution in [1.29, 1.82) is 0 Å². The van der Waals surface area contributed by atoms with Crippen LogP contribution in [-0.2, 0) is 4.79 Å². The van der Waals surface area contributed by atoms with Gasteiger partial charge in [-0.3, -0.25) is 4.79 Å². The minimum Gasteiger partial charge on any atom is -0.480 e. The van der Waals surface area contributed by atoms with Gasteiger partial charge < -0.3 is 14.8 Å². The highest BCUT2D eigenvalue weighted by molar-refractivity contribution is 9.10. The third-order valence-corrected chi connectivity index (χ3v) is 2.76. The van der Waals surface area contributed by atoms with E-state index in [9.17, 15) is 9.59 Å². The molecule has 0 saturated heterocycles. The Bertz CT molecular complexity index is 413. The lowest BCUT2D eigenvalue weighted by Crippen LogP contribution is -2.41. The minimum atomic E-state index is -1.05. The van der Waals surface area contributed by atoms with E-state index in [4.69, 9.17) is 9.52 Å². The highest BCUT2D eigenvalue weighted by Crippen LogP contribution is 2.17. The summed E-state index contributed by atoms with van der Waals surface area (Å²) in [6, 6.07) is 0.673. The average Bonchev–Trinajstić information content (AvgIpc) is 2.62. The predicted octanol–water partition coefficient (Wildman–Crippen LogP) is 2.27. The number of carbonyl (C=O) groups is 2. The zero-order chi connectivity index (χ0) is 13.0. The number of carboxylic acid groups (broad SMARTS) is 1. The number of carboxylic acids is 1. The Hall–Kier alpha value is -1.30. The molecule has 0 aliphatic heterocycles. The molecular weight excluding hydrogens is 290 g/mol. The highest BCUT2D eigenvalue weighted by Gasteiger charge is 2.24. The quantitative estimate of drug-likeness (QED) is 0.874. The number of hydrogen-bond donors (Lipinski definition) is 2.